The maximum absolute atomic E-state index is 13.5. The Hall–Kier alpha value is -2.15. The fourth-order valence-electron chi connectivity index (χ4n) is 1.71. The summed E-state index contributed by atoms with van der Waals surface area (Å²) in [6.45, 7) is -0.164. The third-order valence-electron chi connectivity index (χ3n) is 2.71. The zero-order valence-corrected chi connectivity index (χ0v) is 11.7. The SMILES string of the molecule is Nc1cccc(OCCS(=O)(=O)c2ccc(F)cc2F)c1. The van der Waals surface area contributed by atoms with E-state index >= 15 is 0 Å². The van der Waals surface area contributed by atoms with E-state index in [1.54, 1.807) is 24.3 Å². The molecule has 0 aliphatic carbocycles. The van der Waals surface area contributed by atoms with E-state index in [9.17, 15) is 17.2 Å². The lowest BCUT2D eigenvalue weighted by Gasteiger charge is -2.08. The number of hydrogen-bond donors (Lipinski definition) is 1. The van der Waals surface area contributed by atoms with Crippen molar-refractivity contribution in [1.82, 2.24) is 0 Å². The molecular weight excluding hydrogens is 300 g/mol. The van der Waals surface area contributed by atoms with Gasteiger partial charge in [-0.1, -0.05) is 6.07 Å². The summed E-state index contributed by atoms with van der Waals surface area (Å²) < 4.78 is 55.4. The zero-order valence-electron chi connectivity index (χ0n) is 10.9. The van der Waals surface area contributed by atoms with Crippen LogP contribution in [0.25, 0.3) is 0 Å². The summed E-state index contributed by atoms with van der Waals surface area (Å²) in [7, 11) is -3.89. The molecule has 2 aromatic rings. The van der Waals surface area contributed by atoms with Gasteiger partial charge in [-0.3, -0.25) is 0 Å². The summed E-state index contributed by atoms with van der Waals surface area (Å²) in [4.78, 5) is -0.542. The minimum Gasteiger partial charge on any atom is -0.492 e. The molecule has 0 atom stereocenters. The zero-order chi connectivity index (χ0) is 15.5. The number of halogens is 2. The molecule has 4 nitrogen and oxygen atoms in total. The summed E-state index contributed by atoms with van der Waals surface area (Å²) in [6.07, 6.45) is 0. The Morgan fingerprint density at radius 1 is 1.10 bits per heavy atom. The lowest BCUT2D eigenvalue weighted by molar-refractivity contribution is 0.341. The average molecular weight is 313 g/mol. The van der Waals surface area contributed by atoms with Gasteiger partial charge in [0.25, 0.3) is 0 Å². The molecule has 0 spiro atoms. The number of nitrogen functional groups attached to an aromatic ring is 1. The molecule has 0 aromatic heterocycles. The molecule has 0 bridgehead atoms. The summed E-state index contributed by atoms with van der Waals surface area (Å²) in [5.74, 6) is -1.95. The average Bonchev–Trinajstić information content (AvgIpc) is 2.38. The van der Waals surface area contributed by atoms with Crippen LogP contribution in [0.5, 0.6) is 5.75 Å². The highest BCUT2D eigenvalue weighted by Crippen LogP contribution is 2.18. The van der Waals surface area contributed by atoms with Crippen molar-refractivity contribution in [3.8, 4) is 5.75 Å². The van der Waals surface area contributed by atoms with Crippen LogP contribution in [0.4, 0.5) is 14.5 Å². The Labute approximate surface area is 121 Å². The van der Waals surface area contributed by atoms with Crippen LogP contribution in [-0.2, 0) is 9.84 Å². The minimum absolute atomic E-state index is 0.164. The van der Waals surface area contributed by atoms with E-state index in [0.29, 0.717) is 17.5 Å². The van der Waals surface area contributed by atoms with Gasteiger partial charge < -0.3 is 10.5 Å². The number of nitrogens with two attached hydrogens (primary N) is 1. The molecule has 2 aromatic carbocycles. The molecule has 0 fully saturated rings. The third-order valence-corrected chi connectivity index (χ3v) is 4.41. The highest BCUT2D eigenvalue weighted by molar-refractivity contribution is 7.91. The summed E-state index contributed by atoms with van der Waals surface area (Å²) in [5.41, 5.74) is 6.04. The van der Waals surface area contributed by atoms with Crippen LogP contribution in [0.15, 0.2) is 47.4 Å². The number of rotatable bonds is 5. The first-order valence-electron chi connectivity index (χ1n) is 6.04. The number of anilines is 1. The Morgan fingerprint density at radius 2 is 1.86 bits per heavy atom. The normalized spacial score (nSPS) is 11.3. The van der Waals surface area contributed by atoms with Crippen molar-refractivity contribution in [2.75, 3.05) is 18.1 Å². The fraction of sp³-hybridized carbons (Fsp3) is 0.143. The molecule has 0 aliphatic heterocycles. The van der Waals surface area contributed by atoms with Gasteiger partial charge in [0.2, 0.25) is 0 Å². The summed E-state index contributed by atoms with van der Waals surface area (Å²) >= 11 is 0. The van der Waals surface area contributed by atoms with Crippen molar-refractivity contribution >= 4 is 15.5 Å². The van der Waals surface area contributed by atoms with Crippen molar-refractivity contribution in [2.24, 2.45) is 0 Å². The predicted molar refractivity (Wildman–Crippen MR) is 74.8 cm³/mol. The molecule has 2 rings (SSSR count). The highest BCUT2D eigenvalue weighted by Gasteiger charge is 2.19. The topological polar surface area (TPSA) is 69.4 Å². The number of benzene rings is 2. The molecule has 0 unspecified atom stereocenters. The molecule has 112 valence electrons. The summed E-state index contributed by atoms with van der Waals surface area (Å²) in [6, 6.07) is 8.84. The first kappa shape index (κ1) is 15.2. The first-order chi connectivity index (χ1) is 9.88. The summed E-state index contributed by atoms with van der Waals surface area (Å²) in [5, 5.41) is 0. The quantitative estimate of drug-likeness (QED) is 0.680. The van der Waals surface area contributed by atoms with Crippen LogP contribution >= 0.6 is 0 Å². The first-order valence-corrected chi connectivity index (χ1v) is 7.70. The van der Waals surface area contributed by atoms with Crippen LogP contribution in [0, 0.1) is 11.6 Å². The molecule has 0 saturated heterocycles. The molecule has 0 radical (unpaired) electrons. The Kier molecular flexibility index (Phi) is 4.42. The monoisotopic (exact) mass is 313 g/mol. The number of hydrogen-bond acceptors (Lipinski definition) is 4. The second-order valence-electron chi connectivity index (χ2n) is 4.31. The molecular formula is C14H13F2NO3S. The third kappa shape index (κ3) is 3.91. The van der Waals surface area contributed by atoms with Gasteiger partial charge in [-0.25, -0.2) is 17.2 Å². The number of ether oxygens (including phenoxy) is 1. The van der Waals surface area contributed by atoms with Gasteiger partial charge >= 0.3 is 0 Å². The van der Waals surface area contributed by atoms with Gasteiger partial charge in [0.05, 0.1) is 5.75 Å². The Morgan fingerprint density at radius 3 is 2.52 bits per heavy atom. The van der Waals surface area contributed by atoms with Crippen molar-refractivity contribution in [1.29, 1.82) is 0 Å². The van der Waals surface area contributed by atoms with E-state index in [0.717, 1.165) is 12.1 Å². The Bertz CT molecular complexity index is 748. The molecule has 21 heavy (non-hydrogen) atoms. The molecule has 0 heterocycles. The largest absolute Gasteiger partial charge is 0.492 e. The van der Waals surface area contributed by atoms with Crippen molar-refractivity contribution < 1.29 is 21.9 Å². The van der Waals surface area contributed by atoms with Crippen LogP contribution < -0.4 is 10.5 Å². The van der Waals surface area contributed by atoms with E-state index in [1.165, 1.54) is 0 Å². The van der Waals surface area contributed by atoms with Crippen LogP contribution in [0.2, 0.25) is 0 Å². The second-order valence-corrected chi connectivity index (χ2v) is 6.39. The van der Waals surface area contributed by atoms with Crippen LogP contribution in [-0.4, -0.2) is 20.8 Å². The van der Waals surface area contributed by atoms with Crippen molar-refractivity contribution in [3.63, 3.8) is 0 Å². The second kappa shape index (κ2) is 6.09. The number of sulfone groups is 1. The molecule has 0 amide bonds. The van der Waals surface area contributed by atoms with Gasteiger partial charge in [0.15, 0.2) is 9.84 Å². The standard InChI is InChI=1S/C14H13F2NO3S/c15-10-4-5-14(13(16)8-10)21(18,19)7-6-20-12-3-1-2-11(17)9-12/h1-5,8-9H,6-7,17H2. The van der Waals surface area contributed by atoms with E-state index in [4.69, 9.17) is 10.5 Å². The minimum atomic E-state index is -3.89. The van der Waals surface area contributed by atoms with E-state index in [-0.39, 0.29) is 6.61 Å². The van der Waals surface area contributed by atoms with Crippen LogP contribution in [0.1, 0.15) is 0 Å². The smallest absolute Gasteiger partial charge is 0.184 e. The van der Waals surface area contributed by atoms with Gasteiger partial charge in [-0.05, 0) is 24.3 Å². The predicted octanol–water partition coefficient (Wildman–Crippen LogP) is 2.40. The molecule has 0 aliphatic rings. The van der Waals surface area contributed by atoms with Gasteiger partial charge in [-0.2, -0.15) is 0 Å². The van der Waals surface area contributed by atoms with Crippen LogP contribution in [0.3, 0.4) is 0 Å². The molecule has 7 heteroatoms. The molecule has 2 N–H and O–H groups in total. The maximum Gasteiger partial charge on any atom is 0.184 e. The van der Waals surface area contributed by atoms with E-state index < -0.39 is 32.1 Å². The molecule has 0 saturated carbocycles. The van der Waals surface area contributed by atoms with Gasteiger partial charge in [0, 0.05) is 17.8 Å². The van der Waals surface area contributed by atoms with Gasteiger partial charge in [-0.15, -0.1) is 0 Å². The van der Waals surface area contributed by atoms with E-state index in [1.807, 2.05) is 0 Å². The van der Waals surface area contributed by atoms with Crippen molar-refractivity contribution in [2.45, 2.75) is 4.90 Å². The maximum atomic E-state index is 13.5. The van der Waals surface area contributed by atoms with Crippen molar-refractivity contribution in [3.05, 3.63) is 54.1 Å². The van der Waals surface area contributed by atoms with Gasteiger partial charge in [0.1, 0.15) is 28.9 Å². The highest BCUT2D eigenvalue weighted by atomic mass is 32.2. The lowest BCUT2D eigenvalue weighted by atomic mass is 10.3. The van der Waals surface area contributed by atoms with E-state index in [2.05, 4.69) is 0 Å². The fourth-order valence-corrected chi connectivity index (χ4v) is 2.87. The Balaban J connectivity index is 2.05. The lowest BCUT2D eigenvalue weighted by Crippen LogP contribution is -2.15.